The number of hydrogen-bond donors (Lipinski definition) is 1. The fraction of sp³-hybridized carbons (Fsp3) is 0.267. The Morgan fingerprint density at radius 2 is 2.05 bits per heavy atom. The van der Waals surface area contributed by atoms with Crippen LogP contribution < -0.4 is 5.32 Å². The van der Waals surface area contributed by atoms with Crippen LogP contribution in [0.5, 0.6) is 0 Å². The Labute approximate surface area is 117 Å². The van der Waals surface area contributed by atoms with Crippen LogP contribution in [0.1, 0.15) is 22.0 Å². The molecule has 4 heteroatoms. The summed E-state index contributed by atoms with van der Waals surface area (Å²) in [5.41, 5.74) is 2.26. The molecular weight excluding hydrogens is 258 g/mol. The van der Waals surface area contributed by atoms with Gasteiger partial charge >= 0.3 is 5.97 Å². The highest BCUT2D eigenvalue weighted by molar-refractivity contribution is 7.10. The molecular formula is C15H17NO2S. The third-order valence-corrected chi connectivity index (χ3v) is 4.04. The van der Waals surface area contributed by atoms with E-state index in [-0.39, 0.29) is 5.97 Å². The third-order valence-electron chi connectivity index (χ3n) is 2.95. The summed E-state index contributed by atoms with van der Waals surface area (Å²) in [6.45, 7) is 2.64. The van der Waals surface area contributed by atoms with Gasteiger partial charge in [-0.3, -0.25) is 5.32 Å². The Kier molecular flexibility index (Phi) is 4.71. The molecule has 0 aliphatic carbocycles. The smallest absolute Gasteiger partial charge is 0.328 e. The minimum absolute atomic E-state index is 0.249. The predicted octanol–water partition coefficient (Wildman–Crippen LogP) is 3.06. The molecule has 100 valence electrons. The van der Waals surface area contributed by atoms with Gasteiger partial charge < -0.3 is 4.74 Å². The molecule has 0 fully saturated rings. The van der Waals surface area contributed by atoms with Gasteiger partial charge in [-0.2, -0.15) is 0 Å². The summed E-state index contributed by atoms with van der Waals surface area (Å²) in [6, 6.07) is 11.6. The Balaban J connectivity index is 2.11. The molecule has 2 rings (SSSR count). The van der Waals surface area contributed by atoms with Crippen molar-refractivity contribution in [3.8, 4) is 0 Å². The lowest BCUT2D eigenvalue weighted by Gasteiger charge is -2.16. The Bertz CT molecular complexity index is 536. The first-order chi connectivity index (χ1) is 9.22. The highest BCUT2D eigenvalue weighted by atomic mass is 32.1. The standard InChI is InChI=1S/C15H17NO2S/c1-11-8-9-19-14(11)13(15(17)18-2)16-10-12-6-4-3-5-7-12/h3-9,13,16H,10H2,1-2H3. The van der Waals surface area contributed by atoms with Crippen molar-refractivity contribution in [2.24, 2.45) is 0 Å². The second-order valence-corrected chi connectivity index (χ2v) is 5.24. The molecule has 1 atom stereocenters. The summed E-state index contributed by atoms with van der Waals surface area (Å²) in [4.78, 5) is 12.9. The zero-order chi connectivity index (χ0) is 13.7. The van der Waals surface area contributed by atoms with E-state index < -0.39 is 6.04 Å². The van der Waals surface area contributed by atoms with E-state index in [2.05, 4.69) is 5.32 Å². The van der Waals surface area contributed by atoms with E-state index in [4.69, 9.17) is 4.74 Å². The van der Waals surface area contributed by atoms with E-state index in [1.807, 2.05) is 48.7 Å². The normalized spacial score (nSPS) is 12.1. The highest BCUT2D eigenvalue weighted by Crippen LogP contribution is 2.25. The molecule has 2 aromatic rings. The molecule has 0 saturated heterocycles. The number of carbonyl (C=O) groups is 1. The average Bonchev–Trinajstić information content (AvgIpc) is 2.86. The van der Waals surface area contributed by atoms with Crippen LogP contribution in [0.4, 0.5) is 0 Å². The summed E-state index contributed by atoms with van der Waals surface area (Å²) in [7, 11) is 1.42. The second kappa shape index (κ2) is 6.50. The molecule has 0 saturated carbocycles. The fourth-order valence-corrected chi connectivity index (χ4v) is 2.89. The zero-order valence-electron chi connectivity index (χ0n) is 11.1. The van der Waals surface area contributed by atoms with E-state index >= 15 is 0 Å². The number of benzene rings is 1. The number of carbonyl (C=O) groups excluding carboxylic acids is 1. The molecule has 0 aliphatic rings. The largest absolute Gasteiger partial charge is 0.468 e. The van der Waals surface area contributed by atoms with E-state index in [1.165, 1.54) is 7.11 Å². The summed E-state index contributed by atoms with van der Waals surface area (Å²) in [5.74, 6) is -0.249. The Hall–Kier alpha value is -1.65. The van der Waals surface area contributed by atoms with Gasteiger partial charge in [-0.1, -0.05) is 30.3 Å². The van der Waals surface area contributed by atoms with Crippen LogP contribution in [-0.2, 0) is 16.1 Å². The topological polar surface area (TPSA) is 38.3 Å². The number of esters is 1. The number of aryl methyl sites for hydroxylation is 1. The van der Waals surface area contributed by atoms with Gasteiger partial charge in [0.15, 0.2) is 0 Å². The number of hydrogen-bond acceptors (Lipinski definition) is 4. The Morgan fingerprint density at radius 1 is 1.32 bits per heavy atom. The number of thiophene rings is 1. The summed E-state index contributed by atoms with van der Waals surface area (Å²) in [5, 5.41) is 5.26. The first kappa shape index (κ1) is 13.8. The van der Waals surface area contributed by atoms with E-state index in [0.717, 1.165) is 16.0 Å². The zero-order valence-corrected chi connectivity index (χ0v) is 11.9. The van der Waals surface area contributed by atoms with Crippen molar-refractivity contribution in [3.05, 3.63) is 57.8 Å². The number of methoxy groups -OCH3 is 1. The van der Waals surface area contributed by atoms with Crippen LogP contribution in [0.3, 0.4) is 0 Å². The maximum atomic E-state index is 11.9. The Morgan fingerprint density at radius 3 is 2.63 bits per heavy atom. The van der Waals surface area contributed by atoms with Crippen molar-refractivity contribution in [2.75, 3.05) is 7.11 Å². The molecule has 1 unspecified atom stereocenters. The van der Waals surface area contributed by atoms with Gasteiger partial charge in [-0.05, 0) is 29.5 Å². The molecule has 3 nitrogen and oxygen atoms in total. The van der Waals surface area contributed by atoms with Gasteiger partial charge in [0.2, 0.25) is 0 Å². The molecule has 19 heavy (non-hydrogen) atoms. The van der Waals surface area contributed by atoms with Crippen LogP contribution in [-0.4, -0.2) is 13.1 Å². The SMILES string of the molecule is COC(=O)C(NCc1ccccc1)c1sccc1C. The van der Waals surface area contributed by atoms with Gasteiger partial charge in [0.25, 0.3) is 0 Å². The van der Waals surface area contributed by atoms with Crippen molar-refractivity contribution in [3.63, 3.8) is 0 Å². The molecule has 0 aliphatic heterocycles. The van der Waals surface area contributed by atoms with Gasteiger partial charge in [0.05, 0.1) is 7.11 Å². The monoisotopic (exact) mass is 275 g/mol. The van der Waals surface area contributed by atoms with Crippen molar-refractivity contribution in [1.29, 1.82) is 0 Å². The van der Waals surface area contributed by atoms with Gasteiger partial charge in [0, 0.05) is 11.4 Å². The van der Waals surface area contributed by atoms with Crippen molar-refractivity contribution < 1.29 is 9.53 Å². The van der Waals surface area contributed by atoms with Gasteiger partial charge in [-0.15, -0.1) is 11.3 Å². The lowest BCUT2D eigenvalue weighted by Crippen LogP contribution is -2.29. The molecule has 1 aromatic carbocycles. The van der Waals surface area contributed by atoms with E-state index in [0.29, 0.717) is 6.54 Å². The molecule has 0 bridgehead atoms. The molecule has 1 N–H and O–H groups in total. The quantitative estimate of drug-likeness (QED) is 0.852. The van der Waals surface area contributed by atoms with Crippen LogP contribution in [0.25, 0.3) is 0 Å². The maximum Gasteiger partial charge on any atom is 0.328 e. The molecule has 1 heterocycles. The summed E-state index contributed by atoms with van der Waals surface area (Å²) >= 11 is 1.57. The van der Waals surface area contributed by atoms with Gasteiger partial charge in [-0.25, -0.2) is 4.79 Å². The summed E-state index contributed by atoms with van der Waals surface area (Å²) < 4.78 is 4.88. The first-order valence-electron chi connectivity index (χ1n) is 6.11. The number of nitrogens with one attached hydrogen (secondary N) is 1. The van der Waals surface area contributed by atoms with Crippen molar-refractivity contribution >= 4 is 17.3 Å². The van der Waals surface area contributed by atoms with Crippen LogP contribution in [0, 0.1) is 6.92 Å². The van der Waals surface area contributed by atoms with Crippen molar-refractivity contribution in [2.45, 2.75) is 19.5 Å². The van der Waals surface area contributed by atoms with Crippen LogP contribution in [0.2, 0.25) is 0 Å². The average molecular weight is 275 g/mol. The number of ether oxygens (including phenoxy) is 1. The predicted molar refractivity (Wildman–Crippen MR) is 77.1 cm³/mol. The summed E-state index contributed by atoms with van der Waals surface area (Å²) in [6.07, 6.45) is 0. The first-order valence-corrected chi connectivity index (χ1v) is 6.99. The van der Waals surface area contributed by atoms with Crippen molar-refractivity contribution in [1.82, 2.24) is 5.32 Å². The molecule has 0 amide bonds. The second-order valence-electron chi connectivity index (χ2n) is 4.29. The minimum atomic E-state index is -0.398. The van der Waals surface area contributed by atoms with E-state index in [1.54, 1.807) is 11.3 Å². The lowest BCUT2D eigenvalue weighted by molar-refractivity contribution is -0.143. The maximum absolute atomic E-state index is 11.9. The van der Waals surface area contributed by atoms with E-state index in [9.17, 15) is 4.79 Å². The van der Waals surface area contributed by atoms with Crippen LogP contribution in [0.15, 0.2) is 41.8 Å². The van der Waals surface area contributed by atoms with Gasteiger partial charge in [0.1, 0.15) is 6.04 Å². The highest BCUT2D eigenvalue weighted by Gasteiger charge is 2.23. The fourth-order valence-electron chi connectivity index (χ4n) is 1.90. The molecule has 1 aromatic heterocycles. The number of rotatable bonds is 5. The third kappa shape index (κ3) is 3.43. The van der Waals surface area contributed by atoms with Crippen LogP contribution >= 0.6 is 11.3 Å². The molecule has 0 spiro atoms. The lowest BCUT2D eigenvalue weighted by atomic mass is 10.1. The minimum Gasteiger partial charge on any atom is -0.468 e. The molecule has 0 radical (unpaired) electrons.